The number of H-pyrrole nitrogens is 1. The van der Waals surface area contributed by atoms with Crippen LogP contribution in [-0.2, 0) is 9.53 Å². The SMILES string of the molecule is COCCN(C)C(=O)[CH]c1cc2ccccc2[nH]1. The molecule has 0 saturated carbocycles. The highest BCUT2D eigenvalue weighted by Gasteiger charge is 2.11. The van der Waals surface area contributed by atoms with Gasteiger partial charge in [-0.05, 0) is 17.5 Å². The first-order valence-corrected chi connectivity index (χ1v) is 5.87. The van der Waals surface area contributed by atoms with Crippen molar-refractivity contribution in [1.82, 2.24) is 9.88 Å². The number of nitrogens with one attached hydrogen (secondary N) is 1. The molecule has 0 atom stereocenters. The molecule has 2 rings (SSSR count). The number of hydrogen-bond acceptors (Lipinski definition) is 2. The summed E-state index contributed by atoms with van der Waals surface area (Å²) in [6.07, 6.45) is 1.61. The monoisotopic (exact) mass is 245 g/mol. The summed E-state index contributed by atoms with van der Waals surface area (Å²) in [5, 5.41) is 1.11. The van der Waals surface area contributed by atoms with Crippen LogP contribution in [-0.4, -0.2) is 43.1 Å². The molecule has 1 aromatic heterocycles. The number of carbonyl (C=O) groups excluding carboxylic acids is 1. The van der Waals surface area contributed by atoms with Gasteiger partial charge in [0.1, 0.15) is 0 Å². The highest BCUT2D eigenvalue weighted by atomic mass is 16.5. The molecular formula is C14H17N2O2. The van der Waals surface area contributed by atoms with Crippen molar-refractivity contribution in [3.8, 4) is 0 Å². The molecule has 95 valence electrons. The molecule has 0 aliphatic rings. The number of nitrogens with zero attached hydrogens (tertiary/aromatic N) is 1. The van der Waals surface area contributed by atoms with Gasteiger partial charge in [-0.25, -0.2) is 0 Å². The van der Waals surface area contributed by atoms with E-state index in [9.17, 15) is 4.79 Å². The molecule has 1 radical (unpaired) electrons. The van der Waals surface area contributed by atoms with Crippen molar-refractivity contribution in [2.45, 2.75) is 0 Å². The fourth-order valence-electron chi connectivity index (χ4n) is 1.76. The number of para-hydroxylation sites is 1. The van der Waals surface area contributed by atoms with Crippen LogP contribution in [0.5, 0.6) is 0 Å². The lowest BCUT2D eigenvalue weighted by molar-refractivity contribution is -0.126. The standard InChI is InChI=1S/C14H17N2O2/c1-16(7-8-18-2)14(17)10-12-9-11-5-3-4-6-13(11)15-12/h3-6,9-10,15H,7-8H2,1-2H3. The molecular weight excluding hydrogens is 228 g/mol. The molecule has 1 aromatic carbocycles. The van der Waals surface area contributed by atoms with Crippen LogP contribution in [0.3, 0.4) is 0 Å². The average molecular weight is 245 g/mol. The molecule has 1 amide bonds. The number of carbonyl (C=O) groups is 1. The number of hydrogen-bond donors (Lipinski definition) is 1. The quantitative estimate of drug-likeness (QED) is 0.873. The van der Waals surface area contributed by atoms with Crippen LogP contribution >= 0.6 is 0 Å². The molecule has 0 aliphatic heterocycles. The van der Waals surface area contributed by atoms with Crippen molar-refractivity contribution in [3.63, 3.8) is 0 Å². The van der Waals surface area contributed by atoms with E-state index in [0.29, 0.717) is 13.2 Å². The molecule has 0 bridgehead atoms. The maximum Gasteiger partial charge on any atom is 0.232 e. The van der Waals surface area contributed by atoms with E-state index in [4.69, 9.17) is 4.74 Å². The van der Waals surface area contributed by atoms with Crippen LogP contribution in [0.4, 0.5) is 0 Å². The Hall–Kier alpha value is -1.81. The number of likely N-dealkylation sites (N-methyl/N-ethyl adjacent to an activating group) is 1. The Labute approximate surface area is 107 Å². The number of fused-ring (bicyclic) bond motifs is 1. The first-order chi connectivity index (χ1) is 8.70. The summed E-state index contributed by atoms with van der Waals surface area (Å²) in [6, 6.07) is 9.92. The van der Waals surface area contributed by atoms with Gasteiger partial charge in [0.25, 0.3) is 0 Å². The zero-order chi connectivity index (χ0) is 13.0. The lowest BCUT2D eigenvalue weighted by Crippen LogP contribution is -2.30. The lowest BCUT2D eigenvalue weighted by Gasteiger charge is -2.15. The number of aromatic amines is 1. The number of amides is 1. The molecule has 1 heterocycles. The van der Waals surface area contributed by atoms with Gasteiger partial charge in [-0.1, -0.05) is 18.2 Å². The third-order valence-corrected chi connectivity index (χ3v) is 2.84. The number of ether oxygens (including phenoxy) is 1. The normalized spacial score (nSPS) is 10.8. The van der Waals surface area contributed by atoms with E-state index in [-0.39, 0.29) is 5.91 Å². The van der Waals surface area contributed by atoms with E-state index in [2.05, 4.69) is 4.98 Å². The molecule has 0 spiro atoms. The minimum Gasteiger partial charge on any atom is -0.383 e. The van der Waals surface area contributed by atoms with Gasteiger partial charge in [-0.2, -0.15) is 0 Å². The van der Waals surface area contributed by atoms with Crippen molar-refractivity contribution in [3.05, 3.63) is 42.4 Å². The summed E-state index contributed by atoms with van der Waals surface area (Å²) in [5.74, 6) is -0.0291. The first kappa shape index (κ1) is 12.6. The second kappa shape index (κ2) is 5.69. The largest absolute Gasteiger partial charge is 0.383 e. The number of rotatable bonds is 5. The van der Waals surface area contributed by atoms with Gasteiger partial charge in [0.15, 0.2) is 0 Å². The van der Waals surface area contributed by atoms with Gasteiger partial charge in [-0.3, -0.25) is 4.79 Å². The fraction of sp³-hybridized carbons (Fsp3) is 0.286. The Morgan fingerprint density at radius 1 is 1.44 bits per heavy atom. The van der Waals surface area contributed by atoms with Crippen LogP contribution in [0, 0.1) is 6.42 Å². The van der Waals surface area contributed by atoms with E-state index >= 15 is 0 Å². The predicted molar refractivity (Wildman–Crippen MR) is 71.2 cm³/mol. The maximum atomic E-state index is 11.9. The molecule has 2 aromatic rings. The van der Waals surface area contributed by atoms with Crippen molar-refractivity contribution in [2.24, 2.45) is 0 Å². The van der Waals surface area contributed by atoms with E-state index < -0.39 is 0 Å². The average Bonchev–Trinajstić information content (AvgIpc) is 2.77. The zero-order valence-electron chi connectivity index (χ0n) is 10.6. The Bertz CT molecular complexity index is 500. The Kier molecular flexibility index (Phi) is 3.99. The van der Waals surface area contributed by atoms with Crippen molar-refractivity contribution >= 4 is 16.8 Å². The minimum atomic E-state index is -0.0291. The molecule has 0 fully saturated rings. The van der Waals surface area contributed by atoms with Crippen molar-refractivity contribution < 1.29 is 9.53 Å². The first-order valence-electron chi connectivity index (χ1n) is 5.87. The third-order valence-electron chi connectivity index (χ3n) is 2.84. The predicted octanol–water partition coefficient (Wildman–Crippen LogP) is 1.83. The van der Waals surface area contributed by atoms with Crippen LogP contribution in [0.2, 0.25) is 0 Å². The van der Waals surface area contributed by atoms with Gasteiger partial charge in [-0.15, -0.1) is 0 Å². The molecule has 0 saturated heterocycles. The molecule has 1 N–H and O–H groups in total. The second-order valence-corrected chi connectivity index (χ2v) is 4.21. The smallest absolute Gasteiger partial charge is 0.232 e. The van der Waals surface area contributed by atoms with Crippen molar-refractivity contribution in [1.29, 1.82) is 0 Å². The molecule has 0 aliphatic carbocycles. The highest BCUT2D eigenvalue weighted by Crippen LogP contribution is 2.16. The summed E-state index contributed by atoms with van der Waals surface area (Å²) in [4.78, 5) is 16.7. The number of aromatic nitrogens is 1. The van der Waals surface area contributed by atoms with Crippen LogP contribution in [0.1, 0.15) is 5.69 Å². The van der Waals surface area contributed by atoms with E-state index in [0.717, 1.165) is 16.6 Å². The summed E-state index contributed by atoms with van der Waals surface area (Å²) in [6.45, 7) is 1.13. The van der Waals surface area contributed by atoms with Gasteiger partial charge in [0, 0.05) is 31.9 Å². The summed E-state index contributed by atoms with van der Waals surface area (Å²) >= 11 is 0. The highest BCUT2D eigenvalue weighted by molar-refractivity contribution is 5.90. The van der Waals surface area contributed by atoms with Crippen LogP contribution in [0.15, 0.2) is 30.3 Å². The molecule has 4 heteroatoms. The maximum absolute atomic E-state index is 11.9. The lowest BCUT2D eigenvalue weighted by atomic mass is 10.2. The van der Waals surface area contributed by atoms with Gasteiger partial charge in [0.05, 0.1) is 13.0 Å². The van der Waals surface area contributed by atoms with Gasteiger partial charge in [0.2, 0.25) is 5.91 Å². The fourth-order valence-corrected chi connectivity index (χ4v) is 1.76. The zero-order valence-corrected chi connectivity index (χ0v) is 10.6. The number of methoxy groups -OCH3 is 1. The Balaban J connectivity index is 2.02. The summed E-state index contributed by atoms with van der Waals surface area (Å²) in [7, 11) is 3.39. The minimum absolute atomic E-state index is 0.0291. The van der Waals surface area contributed by atoms with E-state index in [1.165, 1.54) is 0 Å². The second-order valence-electron chi connectivity index (χ2n) is 4.21. The van der Waals surface area contributed by atoms with Gasteiger partial charge >= 0.3 is 0 Å². The Morgan fingerprint density at radius 2 is 2.22 bits per heavy atom. The topological polar surface area (TPSA) is 45.3 Å². The molecule has 18 heavy (non-hydrogen) atoms. The summed E-state index contributed by atoms with van der Waals surface area (Å²) < 4.78 is 4.95. The van der Waals surface area contributed by atoms with E-state index in [1.807, 2.05) is 30.3 Å². The number of benzene rings is 1. The van der Waals surface area contributed by atoms with Crippen molar-refractivity contribution in [2.75, 3.05) is 27.3 Å². The molecule has 4 nitrogen and oxygen atoms in total. The van der Waals surface area contributed by atoms with Crippen LogP contribution < -0.4 is 0 Å². The summed E-state index contributed by atoms with van der Waals surface area (Å²) in [5.41, 5.74) is 1.86. The third kappa shape index (κ3) is 2.90. The van der Waals surface area contributed by atoms with E-state index in [1.54, 1.807) is 25.5 Å². The van der Waals surface area contributed by atoms with Gasteiger partial charge < -0.3 is 14.6 Å². The Morgan fingerprint density at radius 3 is 2.94 bits per heavy atom. The van der Waals surface area contributed by atoms with Crippen LogP contribution in [0.25, 0.3) is 10.9 Å². The molecule has 0 unspecified atom stereocenters.